The number of rotatable bonds is 4. The first-order valence-corrected chi connectivity index (χ1v) is 9.16. The van der Waals surface area contributed by atoms with Gasteiger partial charge in [-0.2, -0.15) is 31.3 Å². The van der Waals surface area contributed by atoms with E-state index in [1.807, 2.05) is 6.92 Å². The maximum atomic E-state index is 13.5. The van der Waals surface area contributed by atoms with Crippen molar-refractivity contribution in [3.8, 4) is 28.6 Å². The summed E-state index contributed by atoms with van der Waals surface area (Å²) in [6.07, 6.45) is -8.85. The highest BCUT2D eigenvalue weighted by molar-refractivity contribution is 5.63. The molecule has 6 nitrogen and oxygen atoms in total. The molecule has 0 saturated heterocycles. The van der Waals surface area contributed by atoms with E-state index in [9.17, 15) is 26.3 Å². The first-order valence-electron chi connectivity index (χ1n) is 9.16. The van der Waals surface area contributed by atoms with Crippen molar-refractivity contribution in [3.63, 3.8) is 0 Å². The Hall–Kier alpha value is -3.57. The Labute approximate surface area is 176 Å². The average molecular weight is 456 g/mol. The molecule has 0 bridgehead atoms. The Morgan fingerprint density at radius 2 is 1.75 bits per heavy atom. The molecule has 0 aliphatic carbocycles. The number of aryl methyl sites for hydroxylation is 1. The molecule has 1 atom stereocenters. The molecule has 12 heteroatoms. The van der Waals surface area contributed by atoms with Gasteiger partial charge in [0.2, 0.25) is 5.82 Å². The van der Waals surface area contributed by atoms with Gasteiger partial charge in [-0.15, -0.1) is 0 Å². The van der Waals surface area contributed by atoms with Crippen LogP contribution in [0.1, 0.15) is 18.2 Å². The number of ether oxygens (including phenoxy) is 1. The number of benzene rings is 1. The molecular formula is C20H14F6N4O2. The fourth-order valence-corrected chi connectivity index (χ4v) is 2.94. The maximum absolute atomic E-state index is 13.5. The molecule has 0 N–H and O–H groups in total. The summed E-state index contributed by atoms with van der Waals surface area (Å²) in [5.41, 5.74) is 0.561. The van der Waals surface area contributed by atoms with E-state index in [4.69, 9.17) is 4.52 Å². The molecule has 3 heterocycles. The van der Waals surface area contributed by atoms with Crippen molar-refractivity contribution in [2.45, 2.75) is 32.3 Å². The third-order valence-electron chi connectivity index (χ3n) is 4.67. The summed E-state index contributed by atoms with van der Waals surface area (Å²) in [7, 11) is 0. The number of fused-ring (bicyclic) bond motifs is 1. The van der Waals surface area contributed by atoms with Gasteiger partial charge in [0, 0.05) is 29.2 Å². The molecule has 3 aromatic heterocycles. The predicted molar refractivity (Wildman–Crippen MR) is 99.8 cm³/mol. The van der Waals surface area contributed by atoms with Crippen molar-refractivity contribution in [2.75, 3.05) is 0 Å². The smallest absolute Gasteiger partial charge is 0.425 e. The van der Waals surface area contributed by atoms with Gasteiger partial charge in [0.05, 0.1) is 5.56 Å². The number of hydrogen-bond acceptors (Lipinski definition) is 5. The van der Waals surface area contributed by atoms with Crippen LogP contribution in [0.3, 0.4) is 0 Å². The lowest BCUT2D eigenvalue weighted by Gasteiger charge is -2.20. The molecule has 0 radical (unpaired) electrons. The second-order valence-electron chi connectivity index (χ2n) is 6.98. The average Bonchev–Trinajstić information content (AvgIpc) is 3.34. The zero-order chi connectivity index (χ0) is 23.3. The summed E-state index contributed by atoms with van der Waals surface area (Å²) in [5.74, 6) is -1.07. The summed E-state index contributed by atoms with van der Waals surface area (Å²) in [6, 6.07) is 5.92. The van der Waals surface area contributed by atoms with Crippen molar-refractivity contribution in [1.29, 1.82) is 0 Å². The summed E-state index contributed by atoms with van der Waals surface area (Å²) in [5, 5.41) is 3.80. The Kier molecular flexibility index (Phi) is 5.10. The van der Waals surface area contributed by atoms with Gasteiger partial charge in [-0.25, -0.2) is 4.98 Å². The molecule has 1 aromatic carbocycles. The fourth-order valence-electron chi connectivity index (χ4n) is 2.94. The van der Waals surface area contributed by atoms with Gasteiger partial charge in [0.15, 0.2) is 6.10 Å². The van der Waals surface area contributed by atoms with Crippen LogP contribution in [0.2, 0.25) is 0 Å². The number of pyridine rings is 1. The molecule has 0 aliphatic heterocycles. The minimum Gasteiger partial charge on any atom is -0.481 e. The van der Waals surface area contributed by atoms with Gasteiger partial charge in [0.25, 0.3) is 5.89 Å². The van der Waals surface area contributed by atoms with Crippen molar-refractivity contribution in [3.05, 3.63) is 54.0 Å². The number of hydrogen-bond donors (Lipinski definition) is 0. The molecule has 0 fully saturated rings. The lowest BCUT2D eigenvalue weighted by molar-refractivity contribution is -0.191. The van der Waals surface area contributed by atoms with Crippen molar-refractivity contribution < 1.29 is 35.6 Å². The lowest BCUT2D eigenvalue weighted by Crippen LogP contribution is -2.31. The van der Waals surface area contributed by atoms with Crippen LogP contribution in [0.15, 0.2) is 47.2 Å². The Bertz CT molecular complexity index is 1280. The van der Waals surface area contributed by atoms with Gasteiger partial charge in [0.1, 0.15) is 11.4 Å². The molecule has 168 valence electrons. The largest absolute Gasteiger partial charge is 0.481 e. The second-order valence-corrected chi connectivity index (χ2v) is 6.98. The molecule has 0 spiro atoms. The first-order chi connectivity index (χ1) is 14.9. The summed E-state index contributed by atoms with van der Waals surface area (Å²) in [4.78, 5) is 8.32. The van der Waals surface area contributed by atoms with Gasteiger partial charge in [-0.1, -0.05) is 5.16 Å². The topological polar surface area (TPSA) is 65.5 Å². The van der Waals surface area contributed by atoms with E-state index in [2.05, 4.69) is 19.9 Å². The summed E-state index contributed by atoms with van der Waals surface area (Å²) >= 11 is 0. The minimum atomic E-state index is -4.97. The van der Waals surface area contributed by atoms with Crippen molar-refractivity contribution >= 4 is 5.65 Å². The Balaban J connectivity index is 1.69. The first kappa shape index (κ1) is 21.7. The number of imidazole rings is 1. The van der Waals surface area contributed by atoms with Crippen molar-refractivity contribution in [2.24, 2.45) is 0 Å². The van der Waals surface area contributed by atoms with Crippen LogP contribution in [0.4, 0.5) is 26.3 Å². The molecule has 4 aromatic rings. The van der Waals surface area contributed by atoms with Crippen molar-refractivity contribution in [1.82, 2.24) is 19.5 Å². The third kappa shape index (κ3) is 4.12. The monoisotopic (exact) mass is 456 g/mol. The van der Waals surface area contributed by atoms with Crippen LogP contribution < -0.4 is 4.74 Å². The second kappa shape index (κ2) is 7.53. The van der Waals surface area contributed by atoms with Gasteiger partial charge in [-0.05, 0) is 44.2 Å². The standard InChI is InChI=1S/C20H14F6N4O2/c1-10-8-27-16-6-4-13(9-30(10)16)17-28-18(32-29-17)12-3-5-15(14(7-12)20(24,25)26)31-11(2)19(21,22)23/h3-9,11H,1-2H3. The highest BCUT2D eigenvalue weighted by Gasteiger charge is 2.41. The minimum absolute atomic E-state index is 0.120. The Morgan fingerprint density at radius 3 is 2.44 bits per heavy atom. The lowest BCUT2D eigenvalue weighted by atomic mass is 10.1. The number of alkyl halides is 6. The fraction of sp³-hybridized carbons (Fsp3) is 0.250. The molecule has 0 aliphatic rings. The van der Waals surface area contributed by atoms with E-state index < -0.39 is 29.8 Å². The van der Waals surface area contributed by atoms with Crippen LogP contribution in [-0.2, 0) is 6.18 Å². The van der Waals surface area contributed by atoms with Gasteiger partial charge < -0.3 is 13.7 Å². The van der Waals surface area contributed by atoms with Crippen LogP contribution in [-0.4, -0.2) is 31.8 Å². The molecule has 1 unspecified atom stereocenters. The van der Waals surface area contributed by atoms with E-state index in [1.165, 1.54) is 0 Å². The molecule has 32 heavy (non-hydrogen) atoms. The quantitative estimate of drug-likeness (QED) is 0.368. The highest BCUT2D eigenvalue weighted by atomic mass is 19.4. The zero-order valence-electron chi connectivity index (χ0n) is 16.5. The maximum Gasteiger partial charge on any atom is 0.425 e. The van der Waals surface area contributed by atoms with E-state index in [0.717, 1.165) is 17.8 Å². The number of aromatic nitrogens is 4. The molecule has 4 rings (SSSR count). The normalized spacial score (nSPS) is 13.5. The zero-order valence-corrected chi connectivity index (χ0v) is 16.5. The van der Waals surface area contributed by atoms with Gasteiger partial charge >= 0.3 is 12.4 Å². The van der Waals surface area contributed by atoms with Crippen LogP contribution in [0, 0.1) is 6.92 Å². The van der Waals surface area contributed by atoms with E-state index in [-0.39, 0.29) is 17.3 Å². The van der Waals surface area contributed by atoms with E-state index >= 15 is 0 Å². The number of nitrogens with zero attached hydrogens (tertiary/aromatic N) is 4. The van der Waals surface area contributed by atoms with Crippen LogP contribution >= 0.6 is 0 Å². The van der Waals surface area contributed by atoms with E-state index in [1.54, 1.807) is 28.9 Å². The summed E-state index contributed by atoms with van der Waals surface area (Å²) in [6.45, 7) is 2.46. The third-order valence-corrected chi connectivity index (χ3v) is 4.67. The molecular weight excluding hydrogens is 442 g/mol. The predicted octanol–water partition coefficient (Wildman–Crippen LogP) is 5.71. The Morgan fingerprint density at radius 1 is 1.03 bits per heavy atom. The highest BCUT2D eigenvalue weighted by Crippen LogP contribution is 2.40. The van der Waals surface area contributed by atoms with Crippen LogP contribution in [0.25, 0.3) is 28.5 Å². The molecule has 0 saturated carbocycles. The van der Waals surface area contributed by atoms with Gasteiger partial charge in [-0.3, -0.25) is 0 Å². The molecule has 0 amide bonds. The van der Waals surface area contributed by atoms with Crippen LogP contribution in [0.5, 0.6) is 5.75 Å². The number of halogens is 6. The van der Waals surface area contributed by atoms with E-state index in [0.29, 0.717) is 24.2 Å². The summed E-state index contributed by atoms with van der Waals surface area (Å²) < 4.78 is 90.0. The SMILES string of the molecule is Cc1cnc2ccc(-c3noc(-c4ccc(OC(C)C(F)(F)F)c(C(F)(F)F)c4)n3)cn12.